The van der Waals surface area contributed by atoms with Crippen LogP contribution in [-0.4, -0.2) is 0 Å². The van der Waals surface area contributed by atoms with E-state index in [2.05, 4.69) is 5.18 Å². The molecule has 0 radical (unpaired) electrons. The van der Waals surface area contributed by atoms with Gasteiger partial charge in [-0.2, -0.15) is 4.91 Å². The van der Waals surface area contributed by atoms with Crippen molar-refractivity contribution in [1.82, 2.24) is 0 Å². The molecule has 60 valence electrons. The van der Waals surface area contributed by atoms with Gasteiger partial charge in [-0.1, -0.05) is 23.4 Å². The van der Waals surface area contributed by atoms with E-state index >= 15 is 0 Å². The van der Waals surface area contributed by atoms with E-state index in [-0.39, 0.29) is 6.54 Å². The Morgan fingerprint density at radius 2 is 2.17 bits per heavy atom. The van der Waals surface area contributed by atoms with Gasteiger partial charge in [-0.25, -0.2) is 0 Å². The van der Waals surface area contributed by atoms with Crippen LogP contribution in [0.4, 0.5) is 0 Å². The summed E-state index contributed by atoms with van der Waals surface area (Å²) >= 11 is 0. The minimum absolute atomic E-state index is 0.106. The van der Waals surface area contributed by atoms with Gasteiger partial charge in [0.15, 0.2) is 0 Å². The number of rotatable bonds is 2. The van der Waals surface area contributed by atoms with E-state index in [1.165, 1.54) is 0 Å². The van der Waals surface area contributed by atoms with Crippen molar-refractivity contribution < 1.29 is 4.42 Å². The second-order valence-corrected chi connectivity index (χ2v) is 2.54. The highest BCUT2D eigenvalue weighted by Crippen LogP contribution is 2.18. The van der Waals surface area contributed by atoms with Crippen molar-refractivity contribution in [2.75, 3.05) is 0 Å². The predicted octanol–water partition coefficient (Wildman–Crippen LogP) is 2.70. The summed E-state index contributed by atoms with van der Waals surface area (Å²) in [4.78, 5) is 9.94. The molecule has 2 aromatic rings. The first-order chi connectivity index (χ1) is 5.90. The summed E-state index contributed by atoms with van der Waals surface area (Å²) in [5, 5.41) is 3.77. The van der Waals surface area contributed by atoms with Gasteiger partial charge >= 0.3 is 0 Å². The molecular weight excluding hydrogens is 154 g/mol. The van der Waals surface area contributed by atoms with Crippen molar-refractivity contribution in [2.45, 2.75) is 6.54 Å². The molecule has 2 rings (SSSR count). The van der Waals surface area contributed by atoms with E-state index < -0.39 is 0 Å². The summed E-state index contributed by atoms with van der Waals surface area (Å²) in [5.74, 6) is 0.617. The number of furan rings is 1. The fourth-order valence-electron chi connectivity index (χ4n) is 1.18. The van der Waals surface area contributed by atoms with Crippen LogP contribution in [0.15, 0.2) is 39.9 Å². The number of nitroso groups, excluding NO2 is 1. The van der Waals surface area contributed by atoms with Gasteiger partial charge in [0.1, 0.15) is 17.9 Å². The van der Waals surface area contributed by atoms with Crippen molar-refractivity contribution in [3.05, 3.63) is 41.0 Å². The molecule has 0 aliphatic rings. The molecule has 0 unspecified atom stereocenters. The normalized spacial score (nSPS) is 10.3. The quantitative estimate of drug-likeness (QED) is 0.635. The Labute approximate surface area is 69.0 Å². The predicted molar refractivity (Wildman–Crippen MR) is 45.7 cm³/mol. The Morgan fingerprint density at radius 3 is 2.92 bits per heavy atom. The van der Waals surface area contributed by atoms with Crippen molar-refractivity contribution in [2.24, 2.45) is 5.18 Å². The molecule has 0 amide bonds. The largest absolute Gasteiger partial charge is 0.459 e. The van der Waals surface area contributed by atoms with Gasteiger partial charge in [0.2, 0.25) is 0 Å². The number of hydrogen-bond donors (Lipinski definition) is 0. The molecule has 3 nitrogen and oxygen atoms in total. The van der Waals surface area contributed by atoms with Crippen LogP contribution < -0.4 is 0 Å². The lowest BCUT2D eigenvalue weighted by atomic mass is 10.2. The fourth-order valence-corrected chi connectivity index (χ4v) is 1.18. The van der Waals surface area contributed by atoms with E-state index in [9.17, 15) is 4.91 Å². The van der Waals surface area contributed by atoms with Crippen LogP contribution in [0.3, 0.4) is 0 Å². The van der Waals surface area contributed by atoms with Gasteiger partial charge in [-0.15, -0.1) is 0 Å². The average Bonchev–Trinajstić information content (AvgIpc) is 2.47. The van der Waals surface area contributed by atoms with E-state index in [1.54, 1.807) is 0 Å². The van der Waals surface area contributed by atoms with Crippen LogP contribution >= 0.6 is 0 Å². The van der Waals surface area contributed by atoms with Gasteiger partial charge in [-0.05, 0) is 12.1 Å². The van der Waals surface area contributed by atoms with Crippen molar-refractivity contribution >= 4 is 11.0 Å². The first-order valence-electron chi connectivity index (χ1n) is 3.67. The topological polar surface area (TPSA) is 42.6 Å². The second kappa shape index (κ2) is 2.77. The maximum Gasteiger partial charge on any atom is 0.139 e. The van der Waals surface area contributed by atoms with Gasteiger partial charge in [0, 0.05) is 5.39 Å². The lowest BCUT2D eigenvalue weighted by Crippen LogP contribution is -1.69. The minimum Gasteiger partial charge on any atom is -0.459 e. The van der Waals surface area contributed by atoms with Crippen LogP contribution in [0.25, 0.3) is 11.0 Å². The third kappa shape index (κ3) is 1.09. The third-order valence-corrected chi connectivity index (χ3v) is 1.70. The molecule has 3 heteroatoms. The SMILES string of the molecule is O=NCc1cc2ccccc2o1. The van der Waals surface area contributed by atoms with Crippen molar-refractivity contribution in [3.63, 3.8) is 0 Å². The smallest absolute Gasteiger partial charge is 0.139 e. The van der Waals surface area contributed by atoms with Crippen LogP contribution in [0.1, 0.15) is 5.76 Å². The molecule has 0 spiro atoms. The van der Waals surface area contributed by atoms with Crippen molar-refractivity contribution in [1.29, 1.82) is 0 Å². The first kappa shape index (κ1) is 7.03. The van der Waals surface area contributed by atoms with E-state index in [0.29, 0.717) is 5.76 Å². The molecular formula is C9H7NO2. The molecule has 0 aliphatic carbocycles. The van der Waals surface area contributed by atoms with E-state index in [0.717, 1.165) is 11.0 Å². The Bertz CT molecular complexity index is 373. The Morgan fingerprint density at radius 1 is 1.33 bits per heavy atom. The van der Waals surface area contributed by atoms with Gasteiger partial charge < -0.3 is 4.42 Å². The molecule has 1 aromatic heterocycles. The zero-order valence-corrected chi connectivity index (χ0v) is 6.36. The lowest BCUT2D eigenvalue weighted by Gasteiger charge is -1.83. The van der Waals surface area contributed by atoms with Gasteiger partial charge in [0.25, 0.3) is 0 Å². The molecule has 0 aliphatic heterocycles. The molecule has 1 aromatic carbocycles. The molecule has 0 atom stereocenters. The first-order valence-corrected chi connectivity index (χ1v) is 3.67. The number of para-hydroxylation sites is 1. The highest BCUT2D eigenvalue weighted by atomic mass is 16.3. The number of nitrogens with zero attached hydrogens (tertiary/aromatic N) is 1. The molecule has 0 bridgehead atoms. The van der Waals surface area contributed by atoms with E-state index in [4.69, 9.17) is 4.42 Å². The summed E-state index contributed by atoms with van der Waals surface area (Å²) in [6, 6.07) is 9.45. The second-order valence-electron chi connectivity index (χ2n) is 2.54. The van der Waals surface area contributed by atoms with Crippen LogP contribution in [-0.2, 0) is 6.54 Å². The Balaban J connectivity index is 2.54. The standard InChI is InChI=1S/C9H7NO2/c11-10-6-8-5-7-3-1-2-4-9(7)12-8/h1-5H,6H2. The average molecular weight is 161 g/mol. The molecule has 0 N–H and O–H groups in total. The summed E-state index contributed by atoms with van der Waals surface area (Å²) in [6.45, 7) is 0.106. The van der Waals surface area contributed by atoms with E-state index in [1.807, 2.05) is 30.3 Å². The molecule has 1 heterocycles. The molecule has 0 saturated heterocycles. The van der Waals surface area contributed by atoms with Crippen LogP contribution in [0, 0.1) is 4.91 Å². The summed E-state index contributed by atoms with van der Waals surface area (Å²) in [7, 11) is 0. The third-order valence-electron chi connectivity index (χ3n) is 1.70. The lowest BCUT2D eigenvalue weighted by molar-refractivity contribution is 0.552. The highest BCUT2D eigenvalue weighted by molar-refractivity contribution is 5.77. The number of fused-ring (bicyclic) bond motifs is 1. The maximum atomic E-state index is 9.94. The number of benzene rings is 1. The Hall–Kier alpha value is -1.64. The van der Waals surface area contributed by atoms with Gasteiger partial charge in [-0.3, -0.25) is 0 Å². The zero-order chi connectivity index (χ0) is 8.39. The highest BCUT2D eigenvalue weighted by Gasteiger charge is 2.01. The van der Waals surface area contributed by atoms with Crippen LogP contribution in [0.2, 0.25) is 0 Å². The monoisotopic (exact) mass is 161 g/mol. The Kier molecular flexibility index (Phi) is 1.63. The van der Waals surface area contributed by atoms with Gasteiger partial charge in [0.05, 0.1) is 0 Å². The zero-order valence-electron chi connectivity index (χ0n) is 6.36. The summed E-state index contributed by atoms with van der Waals surface area (Å²) < 4.78 is 5.31. The summed E-state index contributed by atoms with van der Waals surface area (Å²) in [6.07, 6.45) is 0. The maximum absolute atomic E-state index is 9.94. The van der Waals surface area contributed by atoms with Crippen molar-refractivity contribution in [3.8, 4) is 0 Å². The number of hydrogen-bond acceptors (Lipinski definition) is 3. The molecule has 0 saturated carbocycles. The fraction of sp³-hybridized carbons (Fsp3) is 0.111. The summed E-state index contributed by atoms with van der Waals surface area (Å²) in [5.41, 5.74) is 0.802. The minimum atomic E-state index is 0.106. The van der Waals surface area contributed by atoms with Crippen LogP contribution in [0.5, 0.6) is 0 Å². The molecule has 12 heavy (non-hydrogen) atoms. The molecule has 0 fully saturated rings.